The van der Waals surface area contributed by atoms with Crippen LogP contribution in [0.4, 0.5) is 15.1 Å². The molecule has 1 aromatic carbocycles. The Morgan fingerprint density at radius 3 is 2.67 bits per heavy atom. The van der Waals surface area contributed by atoms with Crippen molar-refractivity contribution in [3.63, 3.8) is 0 Å². The van der Waals surface area contributed by atoms with Gasteiger partial charge in [-0.2, -0.15) is 0 Å². The number of fused-ring (bicyclic) bond motifs is 1. The zero-order chi connectivity index (χ0) is 19.4. The molecule has 1 aromatic heterocycles. The Bertz CT molecular complexity index is 870. The zero-order valence-corrected chi connectivity index (χ0v) is 17.3. The number of anilines is 2. The summed E-state index contributed by atoms with van der Waals surface area (Å²) in [4.78, 5) is 13.6. The van der Waals surface area contributed by atoms with Crippen molar-refractivity contribution in [2.45, 2.75) is 38.5 Å². The van der Waals surface area contributed by atoms with E-state index in [-0.39, 0.29) is 11.0 Å². The van der Waals surface area contributed by atoms with Gasteiger partial charge in [-0.25, -0.2) is 9.18 Å². The Kier molecular flexibility index (Phi) is 6.68. The van der Waals surface area contributed by atoms with E-state index >= 15 is 0 Å². The predicted octanol–water partition coefficient (Wildman–Crippen LogP) is 5.80. The third-order valence-electron chi connectivity index (χ3n) is 4.47. The van der Waals surface area contributed by atoms with Gasteiger partial charge in [-0.05, 0) is 61.7 Å². The molecule has 0 fully saturated rings. The summed E-state index contributed by atoms with van der Waals surface area (Å²) in [7, 11) is 1.39. The highest BCUT2D eigenvalue weighted by atomic mass is 35.5. The first kappa shape index (κ1) is 20.0. The second-order valence-electron chi connectivity index (χ2n) is 6.32. The van der Waals surface area contributed by atoms with Crippen molar-refractivity contribution in [1.29, 1.82) is 0 Å². The molecule has 2 N–H and O–H groups in total. The minimum Gasteiger partial charge on any atom is -0.465 e. The number of esters is 1. The Morgan fingerprint density at radius 1 is 1.22 bits per heavy atom. The average molecular weight is 427 g/mol. The Hall–Kier alpha value is -1.70. The fourth-order valence-corrected chi connectivity index (χ4v) is 4.91. The molecule has 3 rings (SSSR count). The van der Waals surface area contributed by atoms with Gasteiger partial charge in [-0.1, -0.05) is 24.4 Å². The summed E-state index contributed by atoms with van der Waals surface area (Å²) >= 11 is 12.7. The molecule has 2 aromatic rings. The molecule has 0 aliphatic heterocycles. The lowest BCUT2D eigenvalue weighted by molar-refractivity contribution is 0.0601. The van der Waals surface area contributed by atoms with Crippen molar-refractivity contribution in [1.82, 2.24) is 0 Å². The standard InChI is InChI=1S/C19H20ClFN2O2S2/c1-25-18(24)16-12-6-4-2-3-5-7-15(12)27-17(16)23-19(26)22-11-8-9-14(21)13(20)10-11/h8-10H,2-7H2,1H3,(H2,22,23,26). The van der Waals surface area contributed by atoms with Crippen LogP contribution in [0.25, 0.3) is 0 Å². The average Bonchev–Trinajstić information content (AvgIpc) is 2.93. The van der Waals surface area contributed by atoms with Gasteiger partial charge in [0.15, 0.2) is 5.11 Å². The summed E-state index contributed by atoms with van der Waals surface area (Å²) in [6, 6.07) is 4.27. The molecule has 1 aliphatic carbocycles. The summed E-state index contributed by atoms with van der Waals surface area (Å²) in [5, 5.41) is 7.07. The van der Waals surface area contributed by atoms with Gasteiger partial charge in [0.1, 0.15) is 10.8 Å². The highest BCUT2D eigenvalue weighted by Gasteiger charge is 2.25. The van der Waals surface area contributed by atoms with Crippen LogP contribution in [-0.2, 0) is 17.6 Å². The number of hydrogen-bond donors (Lipinski definition) is 2. The fraction of sp³-hybridized carbons (Fsp3) is 0.368. The van der Waals surface area contributed by atoms with Crippen molar-refractivity contribution in [3.8, 4) is 0 Å². The lowest BCUT2D eigenvalue weighted by atomic mass is 9.96. The second-order valence-corrected chi connectivity index (χ2v) is 8.24. The first-order valence-corrected chi connectivity index (χ1v) is 10.4. The van der Waals surface area contributed by atoms with Crippen LogP contribution in [0.1, 0.15) is 46.5 Å². The molecular weight excluding hydrogens is 407 g/mol. The molecule has 0 saturated heterocycles. The van der Waals surface area contributed by atoms with Crippen molar-refractivity contribution < 1.29 is 13.9 Å². The number of hydrogen-bond acceptors (Lipinski definition) is 4. The van der Waals surface area contributed by atoms with E-state index in [1.54, 1.807) is 17.4 Å². The third-order valence-corrected chi connectivity index (χ3v) is 6.17. The van der Waals surface area contributed by atoms with E-state index in [9.17, 15) is 9.18 Å². The number of nitrogens with one attached hydrogen (secondary N) is 2. The van der Waals surface area contributed by atoms with Crippen LogP contribution < -0.4 is 10.6 Å². The first-order chi connectivity index (χ1) is 13.0. The van der Waals surface area contributed by atoms with Crippen molar-refractivity contribution in [2.75, 3.05) is 17.7 Å². The maximum absolute atomic E-state index is 13.3. The molecule has 0 saturated carbocycles. The quantitative estimate of drug-likeness (QED) is 0.480. The number of carbonyl (C=O) groups excluding carboxylic acids is 1. The van der Waals surface area contributed by atoms with E-state index in [1.165, 1.54) is 37.0 Å². The molecule has 1 aliphatic rings. The molecule has 4 nitrogen and oxygen atoms in total. The Labute approximate surface area is 172 Å². The number of carbonyl (C=O) groups is 1. The largest absolute Gasteiger partial charge is 0.465 e. The number of methoxy groups -OCH3 is 1. The molecule has 0 radical (unpaired) electrons. The van der Waals surface area contributed by atoms with Gasteiger partial charge in [0.25, 0.3) is 0 Å². The van der Waals surface area contributed by atoms with Crippen LogP contribution in [0.15, 0.2) is 18.2 Å². The van der Waals surface area contributed by atoms with E-state index in [2.05, 4.69) is 10.6 Å². The summed E-state index contributed by atoms with van der Waals surface area (Å²) in [6.45, 7) is 0. The fourth-order valence-electron chi connectivity index (χ4n) is 3.16. The second kappa shape index (κ2) is 8.99. The first-order valence-electron chi connectivity index (χ1n) is 8.75. The maximum atomic E-state index is 13.3. The van der Waals surface area contributed by atoms with Crippen molar-refractivity contribution in [2.24, 2.45) is 0 Å². The number of rotatable bonds is 3. The van der Waals surface area contributed by atoms with E-state index in [1.807, 2.05) is 0 Å². The summed E-state index contributed by atoms with van der Waals surface area (Å²) < 4.78 is 18.3. The SMILES string of the molecule is COC(=O)c1c(NC(=S)Nc2ccc(F)c(Cl)c2)sc2c1CCCCCC2. The molecular formula is C19H20ClFN2O2S2. The number of aryl methyl sites for hydroxylation is 1. The monoisotopic (exact) mass is 426 g/mol. The topological polar surface area (TPSA) is 50.4 Å². The molecule has 0 spiro atoms. The van der Waals surface area contributed by atoms with Crippen molar-refractivity contribution >= 4 is 56.9 Å². The predicted molar refractivity (Wildman–Crippen MR) is 113 cm³/mol. The molecule has 8 heteroatoms. The van der Waals surface area contributed by atoms with Crippen LogP contribution in [0, 0.1) is 5.82 Å². The van der Waals surface area contributed by atoms with Crippen LogP contribution in [0.5, 0.6) is 0 Å². The van der Waals surface area contributed by atoms with E-state index in [4.69, 9.17) is 28.6 Å². The highest BCUT2D eigenvalue weighted by Crippen LogP contribution is 2.37. The van der Waals surface area contributed by atoms with Crippen LogP contribution in [0.3, 0.4) is 0 Å². The van der Waals surface area contributed by atoms with Gasteiger partial charge in [-0.15, -0.1) is 11.3 Å². The minimum atomic E-state index is -0.493. The van der Waals surface area contributed by atoms with E-state index < -0.39 is 5.82 Å². The van der Waals surface area contributed by atoms with Gasteiger partial charge in [-0.3, -0.25) is 0 Å². The molecule has 0 atom stereocenters. The minimum absolute atomic E-state index is 0.0112. The van der Waals surface area contributed by atoms with E-state index in [0.717, 1.165) is 31.2 Å². The summed E-state index contributed by atoms with van der Waals surface area (Å²) in [5.74, 6) is -0.852. The number of thiocarbonyl (C=S) groups is 1. The molecule has 144 valence electrons. The van der Waals surface area contributed by atoms with Gasteiger partial charge in [0, 0.05) is 10.6 Å². The lowest BCUT2D eigenvalue weighted by Crippen LogP contribution is -2.20. The highest BCUT2D eigenvalue weighted by molar-refractivity contribution is 7.80. The normalized spacial score (nSPS) is 13.9. The van der Waals surface area contributed by atoms with Crippen LogP contribution in [-0.4, -0.2) is 18.2 Å². The van der Waals surface area contributed by atoms with E-state index in [0.29, 0.717) is 21.4 Å². The number of ether oxygens (including phenoxy) is 1. The lowest BCUT2D eigenvalue weighted by Gasteiger charge is -2.12. The molecule has 0 unspecified atom stereocenters. The number of thiophene rings is 1. The summed E-state index contributed by atoms with van der Waals surface area (Å²) in [6.07, 6.45) is 6.38. The smallest absolute Gasteiger partial charge is 0.341 e. The maximum Gasteiger partial charge on any atom is 0.341 e. The van der Waals surface area contributed by atoms with Gasteiger partial charge in [0.05, 0.1) is 17.7 Å². The molecule has 0 bridgehead atoms. The Morgan fingerprint density at radius 2 is 1.96 bits per heavy atom. The Balaban J connectivity index is 1.84. The van der Waals surface area contributed by atoms with Crippen LogP contribution >= 0.6 is 35.2 Å². The molecule has 0 amide bonds. The third kappa shape index (κ3) is 4.78. The van der Waals surface area contributed by atoms with Gasteiger partial charge < -0.3 is 15.4 Å². The van der Waals surface area contributed by atoms with Crippen molar-refractivity contribution in [3.05, 3.63) is 45.0 Å². The zero-order valence-electron chi connectivity index (χ0n) is 14.9. The van der Waals surface area contributed by atoms with Crippen LogP contribution in [0.2, 0.25) is 5.02 Å². The van der Waals surface area contributed by atoms with Gasteiger partial charge >= 0.3 is 5.97 Å². The number of halogens is 2. The van der Waals surface area contributed by atoms with Gasteiger partial charge in [0.2, 0.25) is 0 Å². The number of benzene rings is 1. The molecule has 27 heavy (non-hydrogen) atoms. The summed E-state index contributed by atoms with van der Waals surface area (Å²) in [5.41, 5.74) is 2.20. The molecule has 1 heterocycles.